The number of esters is 1. The van der Waals surface area contributed by atoms with Crippen LogP contribution in [0.1, 0.15) is 25.0 Å². The number of carbonyl (C=O) groups excluding carboxylic acids is 1. The highest BCUT2D eigenvalue weighted by Crippen LogP contribution is 2.38. The Balaban J connectivity index is 1.74. The van der Waals surface area contributed by atoms with Crippen molar-refractivity contribution in [2.45, 2.75) is 13.8 Å². The fourth-order valence-electron chi connectivity index (χ4n) is 3.31. The van der Waals surface area contributed by atoms with E-state index in [-0.39, 0.29) is 5.70 Å². The van der Waals surface area contributed by atoms with E-state index in [0.717, 1.165) is 26.4 Å². The van der Waals surface area contributed by atoms with Crippen molar-refractivity contribution in [3.63, 3.8) is 0 Å². The van der Waals surface area contributed by atoms with E-state index < -0.39 is 5.97 Å². The summed E-state index contributed by atoms with van der Waals surface area (Å²) in [7, 11) is 0. The van der Waals surface area contributed by atoms with Crippen molar-refractivity contribution in [1.29, 1.82) is 0 Å². The van der Waals surface area contributed by atoms with E-state index in [1.807, 2.05) is 68.4 Å². The minimum atomic E-state index is -0.485. The van der Waals surface area contributed by atoms with E-state index in [9.17, 15) is 4.79 Å². The van der Waals surface area contributed by atoms with Crippen LogP contribution in [0.15, 0.2) is 69.8 Å². The Kier molecular flexibility index (Phi) is 5.86. The minimum Gasteiger partial charge on any atom is -0.490 e. The van der Waals surface area contributed by atoms with Crippen molar-refractivity contribution in [2.24, 2.45) is 4.99 Å². The van der Waals surface area contributed by atoms with Crippen molar-refractivity contribution in [2.75, 3.05) is 13.2 Å². The molecule has 0 atom stereocenters. The van der Waals surface area contributed by atoms with Gasteiger partial charge in [-0.1, -0.05) is 36.4 Å². The van der Waals surface area contributed by atoms with Crippen LogP contribution in [0.4, 0.5) is 0 Å². The minimum absolute atomic E-state index is 0.233. The summed E-state index contributed by atoms with van der Waals surface area (Å²) in [5.74, 6) is 1.06. The highest BCUT2D eigenvalue weighted by atomic mass is 79.9. The zero-order valence-electron chi connectivity index (χ0n) is 16.6. The Morgan fingerprint density at radius 3 is 2.60 bits per heavy atom. The van der Waals surface area contributed by atoms with Crippen LogP contribution in [0.25, 0.3) is 16.8 Å². The van der Waals surface area contributed by atoms with Crippen LogP contribution in [0.2, 0.25) is 0 Å². The number of hydrogen-bond acceptors (Lipinski definition) is 5. The molecule has 1 aliphatic rings. The first kappa shape index (κ1) is 20.2. The third kappa shape index (κ3) is 3.96. The SMILES string of the molecule is CCOc1cc(/C=C2\N=C(c3cccc4ccccc34)OC2=O)cc(Br)c1OCC. The van der Waals surface area contributed by atoms with Gasteiger partial charge in [0.2, 0.25) is 5.90 Å². The zero-order chi connectivity index (χ0) is 21.1. The zero-order valence-corrected chi connectivity index (χ0v) is 18.2. The lowest BCUT2D eigenvalue weighted by Gasteiger charge is -2.13. The third-order valence-electron chi connectivity index (χ3n) is 4.56. The second-order valence-electron chi connectivity index (χ2n) is 6.56. The van der Waals surface area contributed by atoms with Crippen molar-refractivity contribution >= 4 is 44.6 Å². The predicted molar refractivity (Wildman–Crippen MR) is 121 cm³/mol. The quantitative estimate of drug-likeness (QED) is 0.343. The van der Waals surface area contributed by atoms with Gasteiger partial charge in [0.1, 0.15) is 0 Å². The summed E-state index contributed by atoms with van der Waals surface area (Å²) >= 11 is 3.52. The van der Waals surface area contributed by atoms with Gasteiger partial charge in [0.15, 0.2) is 17.2 Å². The molecular formula is C24H20BrNO4. The molecule has 0 aliphatic carbocycles. The van der Waals surface area contributed by atoms with E-state index in [2.05, 4.69) is 20.9 Å². The predicted octanol–water partition coefficient (Wildman–Crippen LogP) is 5.74. The van der Waals surface area contributed by atoms with Gasteiger partial charge in [-0.25, -0.2) is 9.79 Å². The summed E-state index contributed by atoms with van der Waals surface area (Å²) in [5.41, 5.74) is 1.77. The highest BCUT2D eigenvalue weighted by molar-refractivity contribution is 9.10. The van der Waals surface area contributed by atoms with E-state index in [4.69, 9.17) is 14.2 Å². The van der Waals surface area contributed by atoms with Gasteiger partial charge >= 0.3 is 5.97 Å². The van der Waals surface area contributed by atoms with Crippen LogP contribution in [0.5, 0.6) is 11.5 Å². The molecule has 0 spiro atoms. The molecule has 3 aromatic carbocycles. The Bertz CT molecular complexity index is 1180. The van der Waals surface area contributed by atoms with Crippen LogP contribution < -0.4 is 9.47 Å². The van der Waals surface area contributed by atoms with Crippen LogP contribution in [0, 0.1) is 0 Å². The van der Waals surface area contributed by atoms with Crippen LogP contribution >= 0.6 is 15.9 Å². The number of cyclic esters (lactones) is 1. The fraction of sp³-hybridized carbons (Fsp3) is 0.167. The molecule has 0 fully saturated rings. The second kappa shape index (κ2) is 8.71. The van der Waals surface area contributed by atoms with Gasteiger partial charge in [-0.2, -0.15) is 0 Å². The number of fused-ring (bicyclic) bond motifs is 1. The molecule has 30 heavy (non-hydrogen) atoms. The molecule has 0 radical (unpaired) electrons. The molecule has 5 nitrogen and oxygen atoms in total. The largest absolute Gasteiger partial charge is 0.490 e. The number of benzene rings is 3. The van der Waals surface area contributed by atoms with Gasteiger partial charge in [-0.05, 0) is 70.4 Å². The molecule has 4 rings (SSSR count). The van der Waals surface area contributed by atoms with Gasteiger partial charge < -0.3 is 14.2 Å². The van der Waals surface area contributed by atoms with Crippen molar-refractivity contribution < 1.29 is 19.0 Å². The lowest BCUT2D eigenvalue weighted by atomic mass is 10.0. The Morgan fingerprint density at radius 1 is 1.03 bits per heavy atom. The Labute approximate surface area is 183 Å². The molecule has 0 saturated heterocycles. The number of ether oxygens (including phenoxy) is 3. The van der Waals surface area contributed by atoms with Gasteiger partial charge in [0.25, 0.3) is 0 Å². The number of carbonyl (C=O) groups is 1. The third-order valence-corrected chi connectivity index (χ3v) is 5.15. The molecule has 1 heterocycles. The number of rotatable bonds is 6. The average Bonchev–Trinajstić information content (AvgIpc) is 3.10. The summed E-state index contributed by atoms with van der Waals surface area (Å²) in [6, 6.07) is 17.4. The number of nitrogens with zero attached hydrogens (tertiary/aromatic N) is 1. The summed E-state index contributed by atoms with van der Waals surface area (Å²) in [6.07, 6.45) is 1.68. The molecule has 0 aromatic heterocycles. The number of aliphatic imine (C=N–C) groups is 1. The van der Waals surface area contributed by atoms with E-state index in [0.29, 0.717) is 30.6 Å². The van der Waals surface area contributed by atoms with Crippen molar-refractivity contribution in [1.82, 2.24) is 0 Å². The van der Waals surface area contributed by atoms with Gasteiger partial charge in [-0.15, -0.1) is 0 Å². The van der Waals surface area contributed by atoms with Gasteiger partial charge in [-0.3, -0.25) is 0 Å². The maximum atomic E-state index is 12.5. The maximum absolute atomic E-state index is 12.5. The number of hydrogen-bond donors (Lipinski definition) is 0. The molecule has 0 N–H and O–H groups in total. The first-order valence-electron chi connectivity index (χ1n) is 9.70. The summed E-state index contributed by atoms with van der Waals surface area (Å²) in [5, 5.41) is 2.04. The molecule has 0 unspecified atom stereocenters. The fourth-order valence-corrected chi connectivity index (χ4v) is 3.89. The number of halogens is 1. The first-order valence-corrected chi connectivity index (χ1v) is 10.5. The van der Waals surface area contributed by atoms with Gasteiger partial charge in [0, 0.05) is 5.56 Å². The topological polar surface area (TPSA) is 57.1 Å². The summed E-state index contributed by atoms with van der Waals surface area (Å²) in [4.78, 5) is 17.0. The molecule has 1 aliphatic heterocycles. The van der Waals surface area contributed by atoms with Crippen molar-refractivity contribution in [3.05, 3.63) is 75.9 Å². The van der Waals surface area contributed by atoms with Crippen molar-refractivity contribution in [3.8, 4) is 11.5 Å². The van der Waals surface area contributed by atoms with E-state index in [1.54, 1.807) is 6.08 Å². The Morgan fingerprint density at radius 2 is 1.80 bits per heavy atom. The maximum Gasteiger partial charge on any atom is 0.363 e. The molecule has 0 saturated carbocycles. The highest BCUT2D eigenvalue weighted by Gasteiger charge is 2.25. The van der Waals surface area contributed by atoms with Crippen LogP contribution in [-0.2, 0) is 9.53 Å². The standard InChI is InChI=1S/C24H20BrNO4/c1-3-28-21-14-15(12-19(25)22(21)29-4-2)13-20-24(27)30-23(26-20)18-11-7-9-16-8-5-6-10-17(16)18/h5-14H,3-4H2,1-2H3/b20-13-. The molecule has 0 bridgehead atoms. The molecule has 3 aromatic rings. The van der Waals surface area contributed by atoms with Gasteiger partial charge in [0.05, 0.1) is 17.7 Å². The lowest BCUT2D eigenvalue weighted by molar-refractivity contribution is -0.129. The van der Waals surface area contributed by atoms with Crippen LogP contribution in [-0.4, -0.2) is 25.1 Å². The summed E-state index contributed by atoms with van der Waals surface area (Å²) < 4.78 is 17.6. The smallest absolute Gasteiger partial charge is 0.363 e. The normalized spacial score (nSPS) is 14.7. The molecule has 0 amide bonds. The second-order valence-corrected chi connectivity index (χ2v) is 7.41. The average molecular weight is 466 g/mol. The lowest BCUT2D eigenvalue weighted by Crippen LogP contribution is -2.05. The monoisotopic (exact) mass is 465 g/mol. The van der Waals surface area contributed by atoms with E-state index in [1.165, 1.54) is 0 Å². The Hall–Kier alpha value is -3.12. The van der Waals surface area contributed by atoms with E-state index >= 15 is 0 Å². The van der Waals surface area contributed by atoms with Crippen LogP contribution in [0.3, 0.4) is 0 Å². The molecule has 152 valence electrons. The molecular weight excluding hydrogens is 446 g/mol. The summed E-state index contributed by atoms with van der Waals surface area (Å²) in [6.45, 7) is 4.84. The molecule has 6 heteroatoms. The first-order chi connectivity index (χ1) is 14.6.